The molecule has 0 aliphatic carbocycles. The molecule has 0 saturated heterocycles. The zero-order valence-electron chi connectivity index (χ0n) is 15.0. The summed E-state index contributed by atoms with van der Waals surface area (Å²) in [7, 11) is 1.79. The van der Waals surface area contributed by atoms with Crippen LogP contribution in [-0.2, 0) is 0 Å². The van der Waals surface area contributed by atoms with E-state index in [1.54, 1.807) is 18.4 Å². The minimum Gasteiger partial charge on any atom is -0.261 e. The quantitative estimate of drug-likeness (QED) is 0.437. The summed E-state index contributed by atoms with van der Waals surface area (Å²) < 4.78 is 1.89. The number of hydrogen-bond donors (Lipinski definition) is 0. The lowest BCUT2D eigenvalue weighted by Gasteiger charge is -2.04. The SMILES string of the molecule is CN=c1scc(-c2ccccc2)n1N=Cc1ccc(-c2ccccc2)cc1. The number of hydrogen-bond acceptors (Lipinski definition) is 3. The van der Waals surface area contributed by atoms with Crippen LogP contribution < -0.4 is 4.80 Å². The van der Waals surface area contributed by atoms with Gasteiger partial charge in [-0.3, -0.25) is 4.99 Å². The molecule has 0 spiro atoms. The molecule has 0 amide bonds. The fourth-order valence-electron chi connectivity index (χ4n) is 2.89. The first-order valence-electron chi connectivity index (χ1n) is 8.74. The van der Waals surface area contributed by atoms with Crippen molar-refractivity contribution >= 4 is 17.6 Å². The lowest BCUT2D eigenvalue weighted by molar-refractivity contribution is 0.848. The van der Waals surface area contributed by atoms with Crippen LogP contribution in [0.3, 0.4) is 0 Å². The van der Waals surface area contributed by atoms with Crippen molar-refractivity contribution in [1.29, 1.82) is 0 Å². The minimum absolute atomic E-state index is 0.867. The highest BCUT2D eigenvalue weighted by Crippen LogP contribution is 2.20. The van der Waals surface area contributed by atoms with Gasteiger partial charge in [-0.05, 0) is 16.7 Å². The van der Waals surface area contributed by atoms with E-state index in [4.69, 9.17) is 5.10 Å². The lowest BCUT2D eigenvalue weighted by atomic mass is 10.0. The molecule has 1 aromatic heterocycles. The molecule has 0 N–H and O–H groups in total. The highest BCUT2D eigenvalue weighted by Gasteiger charge is 2.06. The third kappa shape index (κ3) is 3.81. The maximum Gasteiger partial charge on any atom is 0.205 e. The molecule has 1 heterocycles. The van der Waals surface area contributed by atoms with E-state index in [1.165, 1.54) is 11.1 Å². The summed E-state index contributed by atoms with van der Waals surface area (Å²) >= 11 is 1.59. The highest BCUT2D eigenvalue weighted by molar-refractivity contribution is 7.07. The van der Waals surface area contributed by atoms with E-state index in [0.717, 1.165) is 21.6 Å². The van der Waals surface area contributed by atoms with Gasteiger partial charge in [0.25, 0.3) is 0 Å². The van der Waals surface area contributed by atoms with Gasteiger partial charge in [0.05, 0.1) is 11.9 Å². The molecule has 4 aromatic rings. The van der Waals surface area contributed by atoms with Gasteiger partial charge in [0.2, 0.25) is 4.80 Å². The predicted octanol–water partition coefficient (Wildman–Crippen LogP) is 5.30. The third-order valence-electron chi connectivity index (χ3n) is 4.29. The molecular weight excluding hydrogens is 350 g/mol. The number of aromatic nitrogens is 1. The standard InChI is InChI=1S/C23H19N3S/c1-24-23-26(22(17-27-23)21-10-6-3-7-11-21)25-16-18-12-14-20(15-13-18)19-8-4-2-5-9-19/h2-17H,1H3. The van der Waals surface area contributed by atoms with E-state index >= 15 is 0 Å². The van der Waals surface area contributed by atoms with Crippen LogP contribution in [0.1, 0.15) is 5.56 Å². The first kappa shape index (κ1) is 17.2. The van der Waals surface area contributed by atoms with Crippen LogP contribution in [0.25, 0.3) is 22.4 Å². The molecule has 4 rings (SSSR count). The molecule has 0 unspecified atom stereocenters. The Bertz CT molecular complexity index is 1110. The molecule has 0 radical (unpaired) electrons. The van der Waals surface area contributed by atoms with Crippen molar-refractivity contribution in [2.75, 3.05) is 7.05 Å². The van der Waals surface area contributed by atoms with Gasteiger partial charge in [0.1, 0.15) is 0 Å². The van der Waals surface area contributed by atoms with Crippen molar-refractivity contribution in [1.82, 2.24) is 4.68 Å². The van der Waals surface area contributed by atoms with Crippen molar-refractivity contribution in [3.05, 3.63) is 101 Å². The zero-order valence-corrected chi connectivity index (χ0v) is 15.8. The molecule has 0 fully saturated rings. The molecule has 0 aliphatic heterocycles. The second-order valence-electron chi connectivity index (χ2n) is 6.04. The van der Waals surface area contributed by atoms with Crippen molar-refractivity contribution in [3.63, 3.8) is 0 Å². The van der Waals surface area contributed by atoms with E-state index in [-0.39, 0.29) is 0 Å². The average Bonchev–Trinajstić information content (AvgIpc) is 3.17. The number of thiazole rings is 1. The zero-order chi connectivity index (χ0) is 18.5. The summed E-state index contributed by atoms with van der Waals surface area (Å²) in [5, 5.41) is 6.79. The fraction of sp³-hybridized carbons (Fsp3) is 0.0435. The summed E-state index contributed by atoms with van der Waals surface area (Å²) in [4.78, 5) is 5.22. The summed E-state index contributed by atoms with van der Waals surface area (Å²) in [6, 6.07) is 29.0. The lowest BCUT2D eigenvalue weighted by Crippen LogP contribution is -2.11. The van der Waals surface area contributed by atoms with Gasteiger partial charge in [-0.2, -0.15) is 5.10 Å². The van der Waals surface area contributed by atoms with Gasteiger partial charge >= 0.3 is 0 Å². The second kappa shape index (κ2) is 7.98. The van der Waals surface area contributed by atoms with Gasteiger partial charge in [-0.25, -0.2) is 4.68 Å². The third-order valence-corrected chi connectivity index (χ3v) is 5.19. The highest BCUT2D eigenvalue weighted by atomic mass is 32.1. The number of rotatable bonds is 4. The van der Waals surface area contributed by atoms with Crippen LogP contribution in [-0.4, -0.2) is 17.9 Å². The Balaban J connectivity index is 1.65. The van der Waals surface area contributed by atoms with Crippen molar-refractivity contribution in [3.8, 4) is 22.4 Å². The minimum atomic E-state index is 0.867. The second-order valence-corrected chi connectivity index (χ2v) is 6.87. The Kier molecular flexibility index (Phi) is 5.08. The van der Waals surface area contributed by atoms with E-state index in [9.17, 15) is 0 Å². The molecule has 0 aliphatic rings. The smallest absolute Gasteiger partial charge is 0.205 e. The summed E-state index contributed by atoms with van der Waals surface area (Å²) in [5.41, 5.74) is 5.63. The molecule has 3 aromatic carbocycles. The van der Waals surface area contributed by atoms with Gasteiger partial charge in [-0.15, -0.1) is 11.3 Å². The normalized spacial score (nSPS) is 12.0. The number of benzene rings is 3. The Hall–Kier alpha value is -3.24. The van der Waals surface area contributed by atoms with Gasteiger partial charge < -0.3 is 0 Å². The molecule has 3 nitrogen and oxygen atoms in total. The van der Waals surface area contributed by atoms with Crippen molar-refractivity contribution < 1.29 is 0 Å². The molecule has 4 heteroatoms. The van der Waals surface area contributed by atoms with Crippen molar-refractivity contribution in [2.45, 2.75) is 0 Å². The largest absolute Gasteiger partial charge is 0.261 e. The molecule has 0 atom stereocenters. The van der Waals surface area contributed by atoms with E-state index in [1.807, 2.05) is 35.2 Å². The van der Waals surface area contributed by atoms with E-state index < -0.39 is 0 Å². The Morgan fingerprint density at radius 3 is 1.96 bits per heavy atom. The van der Waals surface area contributed by atoms with Gasteiger partial charge in [0.15, 0.2) is 0 Å². The van der Waals surface area contributed by atoms with Gasteiger partial charge in [-0.1, -0.05) is 84.9 Å². The van der Waals surface area contributed by atoms with Gasteiger partial charge in [0, 0.05) is 18.0 Å². The molecule has 27 heavy (non-hydrogen) atoms. The fourth-order valence-corrected chi connectivity index (χ4v) is 3.69. The molecular formula is C23H19N3S. The Morgan fingerprint density at radius 2 is 1.33 bits per heavy atom. The topological polar surface area (TPSA) is 29.6 Å². The van der Waals surface area contributed by atoms with Crippen molar-refractivity contribution in [2.24, 2.45) is 10.1 Å². The summed E-state index contributed by atoms with van der Waals surface area (Å²) in [5.74, 6) is 0. The van der Waals surface area contributed by atoms with Crippen LogP contribution in [0, 0.1) is 0 Å². The predicted molar refractivity (Wildman–Crippen MR) is 114 cm³/mol. The van der Waals surface area contributed by atoms with E-state index in [2.05, 4.69) is 71.0 Å². The Morgan fingerprint density at radius 1 is 0.741 bits per heavy atom. The average molecular weight is 369 g/mol. The molecule has 0 bridgehead atoms. The van der Waals surface area contributed by atoms with Crippen LogP contribution >= 0.6 is 11.3 Å². The van der Waals surface area contributed by atoms with E-state index in [0.29, 0.717) is 0 Å². The maximum absolute atomic E-state index is 4.69. The van der Waals surface area contributed by atoms with Crippen LogP contribution in [0.5, 0.6) is 0 Å². The first-order valence-corrected chi connectivity index (χ1v) is 9.62. The Labute approximate surface area is 162 Å². The van der Waals surface area contributed by atoms with Crippen LogP contribution in [0.15, 0.2) is 100 Å². The number of nitrogens with zero attached hydrogens (tertiary/aromatic N) is 3. The first-order chi connectivity index (χ1) is 13.3. The molecule has 0 saturated carbocycles. The summed E-state index contributed by atoms with van der Waals surface area (Å²) in [6.07, 6.45) is 1.88. The summed E-state index contributed by atoms with van der Waals surface area (Å²) in [6.45, 7) is 0. The monoisotopic (exact) mass is 369 g/mol. The van der Waals surface area contributed by atoms with Crippen LogP contribution in [0.2, 0.25) is 0 Å². The molecule has 132 valence electrons. The maximum atomic E-state index is 4.69. The van der Waals surface area contributed by atoms with Crippen LogP contribution in [0.4, 0.5) is 0 Å².